The van der Waals surface area contributed by atoms with Crippen molar-refractivity contribution in [2.75, 3.05) is 52.5 Å². The number of carbonyl (C=O) groups is 2. The minimum Gasteiger partial charge on any atom is -0.379 e. The Labute approximate surface area is 209 Å². The van der Waals surface area contributed by atoms with Crippen molar-refractivity contribution in [1.82, 2.24) is 24.9 Å². The molecule has 0 spiro atoms. The summed E-state index contributed by atoms with van der Waals surface area (Å²) in [5, 5.41) is 9.32. The maximum atomic E-state index is 12.8. The number of morpholine rings is 1. The molecule has 0 atom stereocenters. The van der Waals surface area contributed by atoms with Crippen molar-refractivity contribution in [2.24, 2.45) is 5.92 Å². The fourth-order valence-corrected chi connectivity index (χ4v) is 4.83. The molecular formula is C26H30ClN5O3. The monoisotopic (exact) mass is 495 g/mol. The number of nitrogens with one attached hydrogen (secondary N) is 1. The second-order valence-corrected chi connectivity index (χ2v) is 9.81. The summed E-state index contributed by atoms with van der Waals surface area (Å²) in [7, 11) is 0. The predicted octanol–water partition coefficient (Wildman–Crippen LogP) is 2.83. The molecule has 5 rings (SSSR count). The summed E-state index contributed by atoms with van der Waals surface area (Å²) in [5.74, 6) is 0.328. The van der Waals surface area contributed by atoms with Gasteiger partial charge in [0.1, 0.15) is 0 Å². The van der Waals surface area contributed by atoms with Crippen molar-refractivity contribution < 1.29 is 14.3 Å². The van der Waals surface area contributed by atoms with E-state index in [1.165, 1.54) is 0 Å². The predicted molar refractivity (Wildman–Crippen MR) is 135 cm³/mol. The summed E-state index contributed by atoms with van der Waals surface area (Å²) in [5.41, 5.74) is 3.13. The first-order valence-electron chi connectivity index (χ1n) is 12.1. The topological polar surface area (TPSA) is 79.7 Å². The summed E-state index contributed by atoms with van der Waals surface area (Å²) in [6.45, 7) is 8.86. The molecule has 9 heteroatoms. The number of halogens is 1. The van der Waals surface area contributed by atoms with E-state index in [4.69, 9.17) is 21.4 Å². The van der Waals surface area contributed by atoms with Crippen LogP contribution in [0.2, 0.25) is 5.02 Å². The number of aromatic nitrogens is 2. The van der Waals surface area contributed by atoms with E-state index in [-0.39, 0.29) is 11.8 Å². The lowest BCUT2D eigenvalue weighted by molar-refractivity contribution is 0.0383. The van der Waals surface area contributed by atoms with Gasteiger partial charge in [-0.2, -0.15) is 5.10 Å². The number of nitrogens with zero attached hydrogens (tertiary/aromatic N) is 4. The van der Waals surface area contributed by atoms with Gasteiger partial charge >= 0.3 is 0 Å². The Hall–Kier alpha value is -2.94. The Morgan fingerprint density at radius 2 is 1.89 bits per heavy atom. The van der Waals surface area contributed by atoms with Gasteiger partial charge < -0.3 is 15.0 Å². The number of benzene rings is 2. The zero-order valence-corrected chi connectivity index (χ0v) is 20.6. The average molecular weight is 496 g/mol. The fourth-order valence-electron chi connectivity index (χ4n) is 4.70. The number of likely N-dealkylation sites (tertiary alicyclic amines) is 1. The summed E-state index contributed by atoms with van der Waals surface area (Å²) in [4.78, 5) is 29.5. The first kappa shape index (κ1) is 23.8. The van der Waals surface area contributed by atoms with Crippen LogP contribution in [-0.4, -0.2) is 83.9 Å². The molecule has 35 heavy (non-hydrogen) atoms. The third kappa shape index (κ3) is 5.50. The van der Waals surface area contributed by atoms with Crippen LogP contribution in [0.25, 0.3) is 10.9 Å². The molecule has 2 aromatic carbocycles. The van der Waals surface area contributed by atoms with Gasteiger partial charge in [0.2, 0.25) is 0 Å². The number of rotatable bonds is 7. The number of aryl methyl sites for hydroxylation is 1. The van der Waals surface area contributed by atoms with Gasteiger partial charge in [0.25, 0.3) is 11.8 Å². The van der Waals surface area contributed by atoms with Crippen LogP contribution in [0.1, 0.15) is 26.3 Å². The zero-order chi connectivity index (χ0) is 24.4. The summed E-state index contributed by atoms with van der Waals surface area (Å²) in [6.07, 6.45) is 1.99. The van der Waals surface area contributed by atoms with Crippen molar-refractivity contribution >= 4 is 34.3 Å². The van der Waals surface area contributed by atoms with E-state index in [9.17, 15) is 9.59 Å². The zero-order valence-electron chi connectivity index (χ0n) is 19.9. The SMILES string of the molecule is Cc1cc2nn(CC3CN(C(=O)c4ccc(Cl)cc4)C3)cc2cc1C(=O)NCCN1CCOCC1. The Morgan fingerprint density at radius 1 is 1.14 bits per heavy atom. The molecule has 3 aromatic rings. The lowest BCUT2D eigenvalue weighted by Crippen LogP contribution is -2.51. The highest BCUT2D eigenvalue weighted by atomic mass is 35.5. The quantitative estimate of drug-likeness (QED) is 0.545. The van der Waals surface area contributed by atoms with Gasteiger partial charge in [-0.15, -0.1) is 0 Å². The van der Waals surface area contributed by atoms with Gasteiger partial charge in [-0.3, -0.25) is 19.2 Å². The van der Waals surface area contributed by atoms with Crippen molar-refractivity contribution in [3.8, 4) is 0 Å². The van der Waals surface area contributed by atoms with Crippen LogP contribution in [0, 0.1) is 12.8 Å². The molecule has 1 aromatic heterocycles. The van der Waals surface area contributed by atoms with E-state index < -0.39 is 0 Å². The van der Waals surface area contributed by atoms with Crippen molar-refractivity contribution in [2.45, 2.75) is 13.5 Å². The maximum Gasteiger partial charge on any atom is 0.253 e. The first-order valence-corrected chi connectivity index (χ1v) is 12.4. The van der Waals surface area contributed by atoms with Gasteiger partial charge in [-0.1, -0.05) is 11.6 Å². The van der Waals surface area contributed by atoms with E-state index in [1.54, 1.807) is 24.3 Å². The molecular weight excluding hydrogens is 466 g/mol. The van der Waals surface area contributed by atoms with Gasteiger partial charge in [0, 0.05) is 79.5 Å². The van der Waals surface area contributed by atoms with E-state index in [2.05, 4.69) is 10.2 Å². The normalized spacial score (nSPS) is 16.9. The van der Waals surface area contributed by atoms with Crippen LogP contribution in [0.3, 0.4) is 0 Å². The number of carbonyl (C=O) groups excluding carboxylic acids is 2. The lowest BCUT2D eigenvalue weighted by Gasteiger charge is -2.39. The molecule has 2 aliphatic rings. The van der Waals surface area contributed by atoms with E-state index in [0.717, 1.165) is 55.9 Å². The molecule has 2 aliphatic heterocycles. The van der Waals surface area contributed by atoms with Gasteiger partial charge in [-0.05, 0) is 48.9 Å². The van der Waals surface area contributed by atoms with Crippen LogP contribution >= 0.6 is 11.6 Å². The molecule has 0 saturated carbocycles. The lowest BCUT2D eigenvalue weighted by atomic mass is 9.99. The van der Waals surface area contributed by atoms with Crippen LogP contribution in [0.15, 0.2) is 42.6 Å². The molecule has 0 unspecified atom stereocenters. The van der Waals surface area contributed by atoms with Gasteiger partial charge in [0.15, 0.2) is 0 Å². The van der Waals surface area contributed by atoms with Crippen molar-refractivity contribution in [1.29, 1.82) is 0 Å². The number of fused-ring (bicyclic) bond motifs is 1. The number of ether oxygens (including phenoxy) is 1. The van der Waals surface area contributed by atoms with Crippen LogP contribution in [0.4, 0.5) is 0 Å². The molecule has 0 aliphatic carbocycles. The largest absolute Gasteiger partial charge is 0.379 e. The maximum absolute atomic E-state index is 12.8. The Balaban J connectivity index is 1.16. The van der Waals surface area contributed by atoms with Crippen molar-refractivity contribution in [3.63, 3.8) is 0 Å². The summed E-state index contributed by atoms with van der Waals surface area (Å²) >= 11 is 5.92. The van der Waals surface area contributed by atoms with E-state index >= 15 is 0 Å². The first-order chi connectivity index (χ1) is 17.0. The second kappa shape index (κ2) is 10.4. The third-order valence-electron chi connectivity index (χ3n) is 6.74. The van der Waals surface area contributed by atoms with E-state index in [1.807, 2.05) is 34.8 Å². The minimum absolute atomic E-state index is 0.0310. The van der Waals surface area contributed by atoms with Crippen LogP contribution < -0.4 is 5.32 Å². The van der Waals surface area contributed by atoms with Gasteiger partial charge in [-0.25, -0.2) is 0 Å². The number of hydrogen-bond donors (Lipinski definition) is 1. The molecule has 0 bridgehead atoms. The second-order valence-electron chi connectivity index (χ2n) is 9.37. The summed E-state index contributed by atoms with van der Waals surface area (Å²) < 4.78 is 7.30. The molecule has 8 nitrogen and oxygen atoms in total. The molecule has 2 fully saturated rings. The highest BCUT2D eigenvalue weighted by molar-refractivity contribution is 6.30. The number of hydrogen-bond acceptors (Lipinski definition) is 5. The Morgan fingerprint density at radius 3 is 2.63 bits per heavy atom. The van der Waals surface area contributed by atoms with Gasteiger partial charge in [0.05, 0.1) is 18.7 Å². The number of amides is 2. The third-order valence-corrected chi connectivity index (χ3v) is 6.99. The Kier molecular flexibility index (Phi) is 7.04. The fraction of sp³-hybridized carbons (Fsp3) is 0.423. The molecule has 0 radical (unpaired) electrons. The Bertz CT molecular complexity index is 1210. The summed E-state index contributed by atoms with van der Waals surface area (Å²) in [6, 6.07) is 10.9. The highest BCUT2D eigenvalue weighted by Crippen LogP contribution is 2.23. The average Bonchev–Trinajstić information content (AvgIpc) is 3.22. The minimum atomic E-state index is -0.0549. The molecule has 184 valence electrons. The molecule has 1 N–H and O–H groups in total. The van der Waals surface area contributed by atoms with Crippen LogP contribution in [0.5, 0.6) is 0 Å². The molecule has 2 saturated heterocycles. The van der Waals surface area contributed by atoms with Crippen molar-refractivity contribution in [3.05, 3.63) is 64.3 Å². The highest BCUT2D eigenvalue weighted by Gasteiger charge is 2.31. The van der Waals surface area contributed by atoms with E-state index in [0.29, 0.717) is 41.7 Å². The van der Waals surface area contributed by atoms with Crippen LogP contribution in [-0.2, 0) is 11.3 Å². The standard InChI is InChI=1S/C26H30ClN5O3/c1-18-12-24-21(13-23(18)25(33)28-6-7-30-8-10-35-11-9-30)17-32(29-24)16-19-14-31(15-19)26(34)20-2-4-22(27)5-3-20/h2-5,12-13,17,19H,6-11,14-16H2,1H3,(H,28,33). The molecule has 2 amide bonds. The smallest absolute Gasteiger partial charge is 0.253 e. The molecule has 3 heterocycles.